The smallest absolute Gasteiger partial charge is 0.211 e. The Hall–Kier alpha value is -0.980. The first kappa shape index (κ1) is 15.4. The summed E-state index contributed by atoms with van der Waals surface area (Å²) in [6, 6.07) is 5.53. The molecule has 0 bridgehead atoms. The van der Waals surface area contributed by atoms with E-state index in [9.17, 15) is 8.42 Å². The van der Waals surface area contributed by atoms with Gasteiger partial charge in [0, 0.05) is 24.9 Å². The van der Waals surface area contributed by atoms with E-state index in [0.717, 1.165) is 25.0 Å². The number of pyridine rings is 1. The van der Waals surface area contributed by atoms with Crippen molar-refractivity contribution >= 4 is 10.0 Å². The zero-order chi connectivity index (χ0) is 14.4. The number of nitrogens with two attached hydrogens (primary N) is 1. The number of sulfonamides is 1. The molecule has 0 amide bonds. The van der Waals surface area contributed by atoms with Crippen LogP contribution in [-0.2, 0) is 16.4 Å². The van der Waals surface area contributed by atoms with E-state index in [1.54, 1.807) is 6.20 Å². The van der Waals surface area contributed by atoms with Gasteiger partial charge in [0.2, 0.25) is 10.0 Å². The lowest BCUT2D eigenvalue weighted by atomic mass is 9.97. The molecule has 6 heteroatoms. The highest BCUT2D eigenvalue weighted by Gasteiger charge is 2.27. The molecule has 2 rings (SSSR count). The van der Waals surface area contributed by atoms with Crippen molar-refractivity contribution in [2.75, 3.05) is 18.8 Å². The zero-order valence-electron chi connectivity index (χ0n) is 11.7. The Labute approximate surface area is 121 Å². The quantitative estimate of drug-likeness (QED) is 0.783. The first-order valence-electron chi connectivity index (χ1n) is 7.18. The summed E-state index contributed by atoms with van der Waals surface area (Å²) in [6.07, 6.45) is 5.48. The molecule has 2 atom stereocenters. The van der Waals surface area contributed by atoms with Gasteiger partial charge < -0.3 is 5.73 Å². The number of hydrogen-bond acceptors (Lipinski definition) is 4. The molecule has 1 aromatic rings. The minimum absolute atomic E-state index is 0.0873. The average molecular weight is 297 g/mol. The summed E-state index contributed by atoms with van der Waals surface area (Å²) < 4.78 is 26.7. The van der Waals surface area contributed by atoms with Crippen molar-refractivity contribution in [1.82, 2.24) is 9.71 Å². The van der Waals surface area contributed by atoms with E-state index in [-0.39, 0.29) is 5.75 Å². The van der Waals surface area contributed by atoms with E-state index in [2.05, 4.69) is 9.71 Å². The maximum absolute atomic E-state index is 12.0. The van der Waals surface area contributed by atoms with Gasteiger partial charge in [-0.1, -0.05) is 12.5 Å². The highest BCUT2D eigenvalue weighted by Crippen LogP contribution is 2.30. The minimum Gasteiger partial charge on any atom is -0.330 e. The van der Waals surface area contributed by atoms with Crippen LogP contribution in [0.5, 0.6) is 0 Å². The van der Waals surface area contributed by atoms with Crippen molar-refractivity contribution in [1.29, 1.82) is 0 Å². The van der Waals surface area contributed by atoms with Crippen molar-refractivity contribution in [3.8, 4) is 0 Å². The fourth-order valence-corrected chi connectivity index (χ4v) is 3.87. The van der Waals surface area contributed by atoms with Crippen LogP contribution in [-0.4, -0.2) is 32.2 Å². The molecule has 1 saturated carbocycles. The molecule has 0 radical (unpaired) electrons. The van der Waals surface area contributed by atoms with Crippen molar-refractivity contribution in [3.63, 3.8) is 0 Å². The van der Waals surface area contributed by atoms with Crippen LogP contribution in [0.3, 0.4) is 0 Å². The Balaban J connectivity index is 1.79. The summed E-state index contributed by atoms with van der Waals surface area (Å²) in [5, 5.41) is 0. The van der Waals surface area contributed by atoms with Gasteiger partial charge in [-0.15, -0.1) is 0 Å². The largest absolute Gasteiger partial charge is 0.330 e. The second-order valence-corrected chi connectivity index (χ2v) is 7.35. The number of aryl methyl sites for hydroxylation is 1. The summed E-state index contributed by atoms with van der Waals surface area (Å²) >= 11 is 0. The highest BCUT2D eigenvalue weighted by molar-refractivity contribution is 7.89. The van der Waals surface area contributed by atoms with Crippen molar-refractivity contribution in [2.45, 2.75) is 25.7 Å². The lowest BCUT2D eigenvalue weighted by molar-refractivity contribution is 0.393. The summed E-state index contributed by atoms with van der Waals surface area (Å²) in [4.78, 5) is 4.14. The number of hydrogen-bond donors (Lipinski definition) is 2. The van der Waals surface area contributed by atoms with E-state index >= 15 is 0 Å². The van der Waals surface area contributed by atoms with Gasteiger partial charge in [0.15, 0.2) is 0 Å². The lowest BCUT2D eigenvalue weighted by Gasteiger charge is -2.18. The van der Waals surface area contributed by atoms with E-state index in [1.165, 1.54) is 0 Å². The summed E-state index contributed by atoms with van der Waals surface area (Å²) in [5.41, 5.74) is 6.52. The molecule has 20 heavy (non-hydrogen) atoms. The SMILES string of the molecule is NCC1CCCC1CNS(=O)(=O)CCc1ccccn1. The van der Waals surface area contributed by atoms with Crippen molar-refractivity contribution in [2.24, 2.45) is 17.6 Å². The molecule has 0 aromatic carbocycles. The topological polar surface area (TPSA) is 85.1 Å². The Bertz CT molecular complexity index is 504. The average Bonchev–Trinajstić information content (AvgIpc) is 2.92. The Morgan fingerprint density at radius 1 is 1.30 bits per heavy atom. The molecule has 3 N–H and O–H groups in total. The van der Waals surface area contributed by atoms with E-state index < -0.39 is 10.0 Å². The highest BCUT2D eigenvalue weighted by atomic mass is 32.2. The van der Waals surface area contributed by atoms with Crippen LogP contribution in [0.25, 0.3) is 0 Å². The fraction of sp³-hybridized carbons (Fsp3) is 0.643. The third-order valence-electron chi connectivity index (χ3n) is 4.04. The molecule has 0 spiro atoms. The van der Waals surface area contributed by atoms with Gasteiger partial charge in [0.1, 0.15) is 0 Å². The number of nitrogens with zero attached hydrogens (tertiary/aromatic N) is 1. The van der Waals surface area contributed by atoms with Gasteiger partial charge in [0.05, 0.1) is 5.75 Å². The van der Waals surface area contributed by atoms with Gasteiger partial charge in [-0.2, -0.15) is 0 Å². The second kappa shape index (κ2) is 7.15. The molecular weight excluding hydrogens is 274 g/mol. The van der Waals surface area contributed by atoms with Crippen LogP contribution in [0.15, 0.2) is 24.4 Å². The second-order valence-electron chi connectivity index (χ2n) is 5.43. The normalized spacial score (nSPS) is 23.1. The third kappa shape index (κ3) is 4.54. The van der Waals surface area contributed by atoms with Gasteiger partial charge >= 0.3 is 0 Å². The summed E-state index contributed by atoms with van der Waals surface area (Å²) in [5.74, 6) is 0.947. The summed E-state index contributed by atoms with van der Waals surface area (Å²) in [7, 11) is -3.23. The van der Waals surface area contributed by atoms with Crippen molar-refractivity contribution < 1.29 is 8.42 Å². The molecule has 1 heterocycles. The van der Waals surface area contributed by atoms with Gasteiger partial charge in [-0.3, -0.25) is 4.98 Å². The molecule has 0 aliphatic heterocycles. The van der Waals surface area contributed by atoms with Crippen molar-refractivity contribution in [3.05, 3.63) is 30.1 Å². The van der Waals surface area contributed by atoms with Crippen LogP contribution < -0.4 is 10.5 Å². The predicted molar refractivity (Wildman–Crippen MR) is 79.6 cm³/mol. The Morgan fingerprint density at radius 3 is 2.80 bits per heavy atom. The Morgan fingerprint density at radius 2 is 2.10 bits per heavy atom. The first-order chi connectivity index (χ1) is 9.61. The first-order valence-corrected chi connectivity index (χ1v) is 8.83. The standard InChI is InChI=1S/C14H23N3O2S/c15-10-12-4-3-5-13(12)11-17-20(18,19)9-7-14-6-1-2-8-16-14/h1-2,6,8,12-13,17H,3-5,7,9-11,15H2. The number of nitrogens with one attached hydrogen (secondary N) is 1. The maximum Gasteiger partial charge on any atom is 0.211 e. The molecule has 1 aliphatic rings. The van der Waals surface area contributed by atoms with Gasteiger partial charge in [-0.05, 0) is 43.4 Å². The maximum atomic E-state index is 12.0. The molecule has 112 valence electrons. The monoisotopic (exact) mass is 297 g/mol. The molecular formula is C14H23N3O2S. The number of aromatic nitrogens is 1. The van der Waals surface area contributed by atoms with Crippen LogP contribution in [0.4, 0.5) is 0 Å². The molecule has 1 aromatic heterocycles. The molecule has 0 saturated heterocycles. The zero-order valence-corrected chi connectivity index (χ0v) is 12.5. The van der Waals surface area contributed by atoms with E-state index in [0.29, 0.717) is 31.3 Å². The minimum atomic E-state index is -3.23. The van der Waals surface area contributed by atoms with Gasteiger partial charge in [-0.25, -0.2) is 13.1 Å². The van der Waals surface area contributed by atoms with Crippen LogP contribution >= 0.6 is 0 Å². The van der Waals surface area contributed by atoms with E-state index in [1.807, 2.05) is 18.2 Å². The van der Waals surface area contributed by atoms with Crippen LogP contribution in [0.1, 0.15) is 25.0 Å². The number of rotatable bonds is 7. The predicted octanol–water partition coefficient (Wildman–Crippen LogP) is 0.919. The molecule has 2 unspecified atom stereocenters. The van der Waals surface area contributed by atoms with E-state index in [4.69, 9.17) is 5.73 Å². The summed E-state index contributed by atoms with van der Waals surface area (Å²) in [6.45, 7) is 1.17. The van der Waals surface area contributed by atoms with Crippen LogP contribution in [0, 0.1) is 11.8 Å². The lowest BCUT2D eigenvalue weighted by Crippen LogP contribution is -2.34. The van der Waals surface area contributed by atoms with Gasteiger partial charge in [0.25, 0.3) is 0 Å². The Kier molecular flexibility index (Phi) is 5.51. The molecule has 5 nitrogen and oxygen atoms in total. The third-order valence-corrected chi connectivity index (χ3v) is 5.39. The molecule has 1 fully saturated rings. The van der Waals surface area contributed by atoms with Crippen LogP contribution in [0.2, 0.25) is 0 Å². The molecule has 1 aliphatic carbocycles. The fourth-order valence-electron chi connectivity index (χ4n) is 2.78.